The minimum Gasteiger partial charge on any atom is -0.496 e. The van der Waals surface area contributed by atoms with E-state index in [9.17, 15) is 10.1 Å². The monoisotopic (exact) mass is 350 g/mol. The number of halogens is 1. The Kier molecular flexibility index (Phi) is 4.80. The number of rotatable bonds is 5. The zero-order valence-electron chi connectivity index (χ0n) is 11.7. The summed E-state index contributed by atoms with van der Waals surface area (Å²) in [4.78, 5) is 10.4. The van der Waals surface area contributed by atoms with Crippen molar-refractivity contribution in [2.24, 2.45) is 0 Å². The van der Waals surface area contributed by atoms with Gasteiger partial charge in [-0.1, -0.05) is 15.9 Å². The smallest absolute Gasteiger partial charge is 0.270 e. The fourth-order valence-electron chi connectivity index (χ4n) is 2.03. The molecule has 0 aliphatic heterocycles. The highest BCUT2D eigenvalue weighted by Gasteiger charge is 2.08. The second-order valence-electron chi connectivity index (χ2n) is 4.61. The third kappa shape index (κ3) is 3.95. The van der Waals surface area contributed by atoms with Crippen molar-refractivity contribution in [1.82, 2.24) is 0 Å². The first-order chi connectivity index (χ1) is 9.99. The third-order valence-electron chi connectivity index (χ3n) is 3.04. The Balaban J connectivity index is 2.12. The zero-order valence-corrected chi connectivity index (χ0v) is 13.3. The first-order valence-corrected chi connectivity index (χ1v) is 7.11. The quantitative estimate of drug-likeness (QED) is 0.645. The first-order valence-electron chi connectivity index (χ1n) is 6.32. The van der Waals surface area contributed by atoms with Gasteiger partial charge in [0.05, 0.1) is 12.0 Å². The number of nitro benzene ring substituents is 1. The lowest BCUT2D eigenvalue weighted by molar-refractivity contribution is -0.385. The van der Waals surface area contributed by atoms with Crippen LogP contribution in [0.5, 0.6) is 5.75 Å². The summed E-state index contributed by atoms with van der Waals surface area (Å²) in [5, 5.41) is 14.1. The van der Waals surface area contributed by atoms with Gasteiger partial charge in [-0.05, 0) is 42.3 Å². The predicted molar refractivity (Wildman–Crippen MR) is 85.9 cm³/mol. The second kappa shape index (κ2) is 6.58. The van der Waals surface area contributed by atoms with E-state index in [1.165, 1.54) is 6.07 Å². The lowest BCUT2D eigenvalue weighted by Crippen LogP contribution is -2.01. The Hall–Kier alpha value is -2.08. The molecule has 0 atom stereocenters. The Bertz CT molecular complexity index is 674. The van der Waals surface area contributed by atoms with Crippen molar-refractivity contribution in [1.29, 1.82) is 0 Å². The van der Waals surface area contributed by atoms with E-state index in [0.717, 1.165) is 22.6 Å². The van der Waals surface area contributed by atoms with Gasteiger partial charge in [-0.3, -0.25) is 10.1 Å². The lowest BCUT2D eigenvalue weighted by atomic mass is 10.1. The number of hydrogen-bond donors (Lipinski definition) is 1. The van der Waals surface area contributed by atoms with Crippen molar-refractivity contribution in [3.05, 3.63) is 62.1 Å². The van der Waals surface area contributed by atoms with E-state index < -0.39 is 4.92 Å². The average molecular weight is 351 g/mol. The zero-order chi connectivity index (χ0) is 15.4. The van der Waals surface area contributed by atoms with Crippen molar-refractivity contribution in [3.63, 3.8) is 0 Å². The lowest BCUT2D eigenvalue weighted by Gasteiger charge is -2.10. The Morgan fingerprint density at radius 2 is 2.05 bits per heavy atom. The van der Waals surface area contributed by atoms with Crippen LogP contribution in [-0.4, -0.2) is 12.0 Å². The molecule has 0 fully saturated rings. The molecule has 0 saturated heterocycles. The van der Waals surface area contributed by atoms with Crippen LogP contribution < -0.4 is 10.1 Å². The fraction of sp³-hybridized carbons (Fsp3) is 0.200. The molecule has 5 nitrogen and oxygen atoms in total. The number of nitrogens with zero attached hydrogens (tertiary/aromatic N) is 1. The number of benzene rings is 2. The van der Waals surface area contributed by atoms with Crippen molar-refractivity contribution < 1.29 is 9.66 Å². The van der Waals surface area contributed by atoms with Crippen LogP contribution in [0, 0.1) is 17.0 Å². The van der Waals surface area contributed by atoms with Crippen LogP contribution in [0.25, 0.3) is 0 Å². The summed E-state index contributed by atoms with van der Waals surface area (Å²) in [5.74, 6) is 0.832. The van der Waals surface area contributed by atoms with Gasteiger partial charge in [0, 0.05) is 28.8 Å². The molecule has 0 heterocycles. The van der Waals surface area contributed by atoms with E-state index >= 15 is 0 Å². The molecule has 0 saturated carbocycles. The molecule has 0 amide bonds. The number of non-ortho nitro benzene ring substituents is 1. The van der Waals surface area contributed by atoms with Crippen LogP contribution in [0.1, 0.15) is 11.1 Å². The van der Waals surface area contributed by atoms with Gasteiger partial charge < -0.3 is 10.1 Å². The van der Waals surface area contributed by atoms with Crippen LogP contribution in [0.4, 0.5) is 11.4 Å². The number of aryl methyl sites for hydroxylation is 1. The van der Waals surface area contributed by atoms with Gasteiger partial charge >= 0.3 is 0 Å². The number of anilines is 1. The molecule has 110 valence electrons. The number of nitro groups is 1. The summed E-state index contributed by atoms with van der Waals surface area (Å²) in [6.45, 7) is 2.47. The van der Waals surface area contributed by atoms with Crippen molar-refractivity contribution in [2.75, 3.05) is 12.4 Å². The molecular formula is C15H15BrN2O3. The molecule has 0 spiro atoms. The summed E-state index contributed by atoms with van der Waals surface area (Å²) in [6.07, 6.45) is 0. The molecule has 0 bridgehead atoms. The minimum absolute atomic E-state index is 0.0760. The van der Waals surface area contributed by atoms with Gasteiger partial charge in [0.25, 0.3) is 5.69 Å². The summed E-state index contributed by atoms with van der Waals surface area (Å²) >= 11 is 3.29. The van der Waals surface area contributed by atoms with Gasteiger partial charge in [0.1, 0.15) is 5.75 Å². The summed E-state index contributed by atoms with van der Waals surface area (Å²) < 4.78 is 5.91. The van der Waals surface area contributed by atoms with E-state index in [4.69, 9.17) is 4.74 Å². The number of hydrogen-bond acceptors (Lipinski definition) is 4. The topological polar surface area (TPSA) is 64.4 Å². The maximum Gasteiger partial charge on any atom is 0.270 e. The van der Waals surface area contributed by atoms with Gasteiger partial charge in [-0.25, -0.2) is 0 Å². The largest absolute Gasteiger partial charge is 0.496 e. The van der Waals surface area contributed by atoms with Gasteiger partial charge in [-0.15, -0.1) is 0 Å². The van der Waals surface area contributed by atoms with E-state index in [2.05, 4.69) is 21.2 Å². The maximum atomic E-state index is 10.8. The number of methoxy groups -OCH3 is 1. The van der Waals surface area contributed by atoms with Crippen LogP contribution in [0.3, 0.4) is 0 Å². The van der Waals surface area contributed by atoms with Gasteiger partial charge in [0.15, 0.2) is 0 Å². The van der Waals surface area contributed by atoms with E-state index in [1.54, 1.807) is 13.2 Å². The van der Waals surface area contributed by atoms with Crippen LogP contribution in [0.15, 0.2) is 40.9 Å². The number of ether oxygens (including phenoxy) is 1. The highest BCUT2D eigenvalue weighted by Crippen LogP contribution is 2.24. The highest BCUT2D eigenvalue weighted by molar-refractivity contribution is 9.10. The number of nitrogens with one attached hydrogen (secondary N) is 1. The van der Waals surface area contributed by atoms with Crippen LogP contribution in [0.2, 0.25) is 0 Å². The molecule has 2 aromatic rings. The Labute approximate surface area is 131 Å². The minimum atomic E-state index is -0.397. The molecule has 21 heavy (non-hydrogen) atoms. The summed E-state index contributed by atoms with van der Waals surface area (Å²) in [7, 11) is 1.63. The molecule has 0 radical (unpaired) electrons. The SMILES string of the molecule is COc1ccc(NCc2cc(Br)cc([N+](=O)[O-])c2)cc1C. The third-order valence-corrected chi connectivity index (χ3v) is 3.50. The van der Waals surface area contributed by atoms with E-state index in [1.807, 2.05) is 31.2 Å². The van der Waals surface area contributed by atoms with Crippen molar-refractivity contribution in [3.8, 4) is 5.75 Å². The van der Waals surface area contributed by atoms with E-state index in [-0.39, 0.29) is 5.69 Å². The summed E-state index contributed by atoms with van der Waals surface area (Å²) in [6, 6.07) is 10.7. The maximum absolute atomic E-state index is 10.8. The fourth-order valence-corrected chi connectivity index (χ4v) is 2.56. The predicted octanol–water partition coefficient (Wildman–Crippen LogP) is 4.29. The van der Waals surface area contributed by atoms with Crippen molar-refractivity contribution in [2.45, 2.75) is 13.5 Å². The normalized spacial score (nSPS) is 10.2. The molecule has 1 N–H and O–H groups in total. The highest BCUT2D eigenvalue weighted by atomic mass is 79.9. The first kappa shape index (κ1) is 15.3. The van der Waals surface area contributed by atoms with E-state index in [0.29, 0.717) is 11.0 Å². The second-order valence-corrected chi connectivity index (χ2v) is 5.53. The molecular weight excluding hydrogens is 336 g/mol. The molecule has 2 aromatic carbocycles. The summed E-state index contributed by atoms with van der Waals surface area (Å²) in [5.41, 5.74) is 2.88. The molecule has 2 rings (SSSR count). The Morgan fingerprint density at radius 3 is 2.67 bits per heavy atom. The molecule has 6 heteroatoms. The van der Waals surface area contributed by atoms with Crippen LogP contribution >= 0.6 is 15.9 Å². The Morgan fingerprint density at radius 1 is 1.29 bits per heavy atom. The average Bonchev–Trinajstić information content (AvgIpc) is 2.44. The van der Waals surface area contributed by atoms with Crippen molar-refractivity contribution >= 4 is 27.3 Å². The molecule has 0 aromatic heterocycles. The van der Waals surface area contributed by atoms with Gasteiger partial charge in [-0.2, -0.15) is 0 Å². The molecule has 0 aliphatic carbocycles. The molecule has 0 unspecified atom stereocenters. The molecule has 0 aliphatic rings. The standard InChI is InChI=1S/C15H15BrN2O3/c1-10-5-13(3-4-15(10)21-2)17-9-11-6-12(16)8-14(7-11)18(19)20/h3-8,17H,9H2,1-2H3. The van der Waals surface area contributed by atoms with Crippen LogP contribution in [-0.2, 0) is 6.54 Å². The van der Waals surface area contributed by atoms with Gasteiger partial charge in [0.2, 0.25) is 0 Å².